The number of anilines is 1. The van der Waals surface area contributed by atoms with E-state index in [1.54, 1.807) is 6.07 Å². The van der Waals surface area contributed by atoms with Crippen molar-refractivity contribution in [1.82, 2.24) is 4.98 Å². The largest absolute Gasteiger partial charge is 0.483 e. The van der Waals surface area contributed by atoms with Gasteiger partial charge in [0.25, 0.3) is 11.6 Å². The van der Waals surface area contributed by atoms with E-state index >= 15 is 0 Å². The van der Waals surface area contributed by atoms with Gasteiger partial charge in [0.05, 0.1) is 15.1 Å². The predicted molar refractivity (Wildman–Crippen MR) is 104 cm³/mol. The van der Waals surface area contributed by atoms with Crippen LogP contribution in [0.1, 0.15) is 12.5 Å². The normalized spacial score (nSPS) is 10.7. The lowest BCUT2D eigenvalue weighted by molar-refractivity contribution is -0.384. The van der Waals surface area contributed by atoms with Crippen molar-refractivity contribution >= 4 is 54.2 Å². The first kappa shape index (κ1) is 18.3. The fourth-order valence-corrected chi connectivity index (χ4v) is 3.67. The Kier molecular flexibility index (Phi) is 5.48. The average Bonchev–Trinajstić information content (AvgIpc) is 3.01. The summed E-state index contributed by atoms with van der Waals surface area (Å²) in [7, 11) is 0. The highest BCUT2D eigenvalue weighted by molar-refractivity contribution is 9.10. The SMILES string of the molecule is CCc1cc(Br)ccc1OCC(=O)Nc1nc2ccc([N+](=O)[O-])cc2s1. The molecule has 1 N–H and O–H groups in total. The minimum atomic E-state index is -0.464. The van der Waals surface area contributed by atoms with Crippen LogP contribution < -0.4 is 10.1 Å². The lowest BCUT2D eigenvalue weighted by Crippen LogP contribution is -2.20. The number of hydrogen-bond acceptors (Lipinski definition) is 6. The topological polar surface area (TPSA) is 94.4 Å². The van der Waals surface area contributed by atoms with Crippen LogP contribution in [-0.4, -0.2) is 22.4 Å². The van der Waals surface area contributed by atoms with Crippen LogP contribution in [0.2, 0.25) is 0 Å². The summed E-state index contributed by atoms with van der Waals surface area (Å²) >= 11 is 4.59. The number of halogens is 1. The Morgan fingerprint density at radius 1 is 1.35 bits per heavy atom. The van der Waals surface area contributed by atoms with Crippen LogP contribution in [0, 0.1) is 10.1 Å². The zero-order chi connectivity index (χ0) is 18.7. The predicted octanol–water partition coefficient (Wildman–Crippen LogP) is 4.55. The third-order valence-electron chi connectivity index (χ3n) is 3.59. The number of amides is 1. The summed E-state index contributed by atoms with van der Waals surface area (Å²) in [5.74, 6) is 0.314. The number of ether oxygens (including phenoxy) is 1. The molecule has 1 heterocycles. The summed E-state index contributed by atoms with van der Waals surface area (Å²) in [5, 5.41) is 13.9. The number of hydrogen-bond donors (Lipinski definition) is 1. The zero-order valence-corrected chi connectivity index (χ0v) is 16.1. The number of nitrogens with zero attached hydrogens (tertiary/aromatic N) is 2. The van der Waals surface area contributed by atoms with Crippen molar-refractivity contribution in [1.29, 1.82) is 0 Å². The van der Waals surface area contributed by atoms with E-state index < -0.39 is 4.92 Å². The molecule has 0 atom stereocenters. The van der Waals surface area contributed by atoms with E-state index in [1.807, 2.05) is 25.1 Å². The van der Waals surface area contributed by atoms with E-state index in [2.05, 4.69) is 26.2 Å². The highest BCUT2D eigenvalue weighted by Gasteiger charge is 2.13. The molecule has 0 fully saturated rings. The van der Waals surface area contributed by atoms with Gasteiger partial charge in [0.1, 0.15) is 5.75 Å². The smallest absolute Gasteiger partial charge is 0.270 e. The molecule has 1 aromatic heterocycles. The Balaban J connectivity index is 1.66. The van der Waals surface area contributed by atoms with Crippen LogP contribution >= 0.6 is 27.3 Å². The lowest BCUT2D eigenvalue weighted by Gasteiger charge is -2.10. The second-order valence-electron chi connectivity index (χ2n) is 5.37. The average molecular weight is 436 g/mol. The number of rotatable bonds is 6. The highest BCUT2D eigenvalue weighted by Crippen LogP contribution is 2.29. The molecular formula is C17H14BrN3O4S. The molecule has 26 heavy (non-hydrogen) atoms. The first-order chi connectivity index (χ1) is 12.5. The van der Waals surface area contributed by atoms with Gasteiger partial charge in [-0.15, -0.1) is 0 Å². The Labute approximate surface area is 161 Å². The molecule has 0 radical (unpaired) electrons. The summed E-state index contributed by atoms with van der Waals surface area (Å²) in [5.41, 5.74) is 1.59. The Morgan fingerprint density at radius 2 is 2.15 bits per heavy atom. The molecule has 7 nitrogen and oxygen atoms in total. The number of nitro groups is 1. The number of aryl methyl sites for hydroxylation is 1. The van der Waals surface area contributed by atoms with Gasteiger partial charge in [-0.05, 0) is 36.2 Å². The van der Waals surface area contributed by atoms with Crippen LogP contribution in [0.5, 0.6) is 5.75 Å². The maximum atomic E-state index is 12.1. The van der Waals surface area contributed by atoms with Gasteiger partial charge >= 0.3 is 0 Å². The molecule has 3 aromatic rings. The van der Waals surface area contributed by atoms with Gasteiger partial charge in [-0.1, -0.05) is 34.2 Å². The third-order valence-corrected chi connectivity index (χ3v) is 5.02. The van der Waals surface area contributed by atoms with E-state index in [4.69, 9.17) is 4.74 Å². The Hall–Kier alpha value is -2.52. The molecule has 0 aliphatic carbocycles. The number of benzene rings is 2. The second kappa shape index (κ2) is 7.79. The van der Waals surface area contributed by atoms with Gasteiger partial charge in [0, 0.05) is 16.6 Å². The van der Waals surface area contributed by atoms with Gasteiger partial charge in [0.2, 0.25) is 0 Å². The van der Waals surface area contributed by atoms with Crippen LogP contribution in [0.3, 0.4) is 0 Å². The number of fused-ring (bicyclic) bond motifs is 1. The Morgan fingerprint density at radius 3 is 2.88 bits per heavy atom. The van der Waals surface area contributed by atoms with Gasteiger partial charge in [0.15, 0.2) is 11.7 Å². The van der Waals surface area contributed by atoms with Crippen LogP contribution in [0.4, 0.5) is 10.8 Å². The molecular weight excluding hydrogens is 422 g/mol. The third kappa shape index (κ3) is 4.17. The first-order valence-electron chi connectivity index (χ1n) is 7.72. The molecule has 1 amide bonds. The van der Waals surface area contributed by atoms with Gasteiger partial charge in [-0.25, -0.2) is 4.98 Å². The summed E-state index contributed by atoms with van der Waals surface area (Å²) in [6.45, 7) is 1.86. The van der Waals surface area contributed by atoms with Crippen LogP contribution in [-0.2, 0) is 11.2 Å². The maximum Gasteiger partial charge on any atom is 0.270 e. The van der Waals surface area contributed by atoms with Gasteiger partial charge in [-0.2, -0.15) is 0 Å². The minimum Gasteiger partial charge on any atom is -0.483 e. The fraction of sp³-hybridized carbons (Fsp3) is 0.176. The standard InChI is InChI=1S/C17H14BrN3O4S/c1-2-10-7-11(18)3-6-14(10)25-9-16(22)20-17-19-13-5-4-12(21(23)24)8-15(13)26-17/h3-8H,2,9H2,1H3,(H,19,20,22). The highest BCUT2D eigenvalue weighted by atomic mass is 79.9. The number of non-ortho nitro benzene ring substituents is 1. The molecule has 9 heteroatoms. The molecule has 0 aliphatic heterocycles. The molecule has 134 valence electrons. The van der Waals surface area contributed by atoms with Crippen molar-refractivity contribution in [2.45, 2.75) is 13.3 Å². The number of nitrogens with one attached hydrogen (secondary N) is 1. The minimum absolute atomic E-state index is 0.00954. The van der Waals surface area contributed by atoms with Crippen molar-refractivity contribution < 1.29 is 14.5 Å². The van der Waals surface area contributed by atoms with Crippen molar-refractivity contribution in [2.24, 2.45) is 0 Å². The number of carbonyl (C=O) groups is 1. The number of thiazole rings is 1. The van der Waals surface area contributed by atoms with E-state index in [9.17, 15) is 14.9 Å². The molecule has 0 saturated heterocycles. The van der Waals surface area contributed by atoms with E-state index in [0.717, 1.165) is 16.5 Å². The maximum absolute atomic E-state index is 12.1. The summed E-state index contributed by atoms with van der Waals surface area (Å²) in [6.07, 6.45) is 0.785. The lowest BCUT2D eigenvalue weighted by atomic mass is 10.1. The number of aromatic nitrogens is 1. The molecule has 0 unspecified atom stereocenters. The van der Waals surface area contributed by atoms with E-state index in [-0.39, 0.29) is 18.2 Å². The number of nitro benzene ring substituents is 1. The molecule has 0 saturated carbocycles. The summed E-state index contributed by atoms with van der Waals surface area (Å²) in [4.78, 5) is 26.7. The fourth-order valence-electron chi connectivity index (χ4n) is 2.34. The summed E-state index contributed by atoms with van der Waals surface area (Å²) < 4.78 is 7.19. The molecule has 2 aromatic carbocycles. The molecule has 0 bridgehead atoms. The molecule has 0 spiro atoms. The monoisotopic (exact) mass is 435 g/mol. The van der Waals surface area contributed by atoms with Crippen molar-refractivity contribution in [3.8, 4) is 5.75 Å². The van der Waals surface area contributed by atoms with Crippen LogP contribution in [0.25, 0.3) is 10.2 Å². The van der Waals surface area contributed by atoms with Crippen LogP contribution in [0.15, 0.2) is 40.9 Å². The molecule has 3 rings (SSSR count). The first-order valence-corrected chi connectivity index (χ1v) is 9.33. The van der Waals surface area contributed by atoms with Crippen molar-refractivity contribution in [2.75, 3.05) is 11.9 Å². The van der Waals surface area contributed by atoms with Gasteiger partial charge < -0.3 is 4.74 Å². The second-order valence-corrected chi connectivity index (χ2v) is 7.32. The van der Waals surface area contributed by atoms with Crippen molar-refractivity contribution in [3.63, 3.8) is 0 Å². The van der Waals surface area contributed by atoms with Gasteiger partial charge in [-0.3, -0.25) is 20.2 Å². The molecule has 0 aliphatic rings. The summed E-state index contributed by atoms with van der Waals surface area (Å²) in [6, 6.07) is 10.0. The zero-order valence-electron chi connectivity index (χ0n) is 13.7. The number of carbonyl (C=O) groups excluding carboxylic acids is 1. The Bertz CT molecular complexity index is 989. The van der Waals surface area contributed by atoms with E-state index in [0.29, 0.717) is 21.1 Å². The quantitative estimate of drug-likeness (QED) is 0.452. The van der Waals surface area contributed by atoms with Crippen molar-refractivity contribution in [3.05, 3.63) is 56.5 Å². The van der Waals surface area contributed by atoms with E-state index in [1.165, 1.54) is 23.5 Å².